The Morgan fingerprint density at radius 2 is 2.07 bits per heavy atom. The molecule has 15 heavy (non-hydrogen) atoms. The van der Waals surface area contributed by atoms with E-state index >= 15 is 0 Å². The molecule has 0 aromatic carbocycles. The maximum Gasteiger partial charge on any atom is 0.106 e. The van der Waals surface area contributed by atoms with E-state index in [1.54, 1.807) is 0 Å². The van der Waals surface area contributed by atoms with Gasteiger partial charge in [-0.15, -0.1) is 0 Å². The number of aromatic nitrogens is 2. The number of hydrogen-bond acceptors (Lipinski definition) is 2. The van der Waals surface area contributed by atoms with Crippen LogP contribution in [0.5, 0.6) is 0 Å². The van der Waals surface area contributed by atoms with Crippen LogP contribution in [-0.2, 0) is 6.42 Å². The van der Waals surface area contributed by atoms with Crippen molar-refractivity contribution in [1.82, 2.24) is 9.97 Å². The summed E-state index contributed by atoms with van der Waals surface area (Å²) in [7, 11) is 0. The van der Waals surface area contributed by atoms with Crippen molar-refractivity contribution in [2.45, 2.75) is 58.4 Å². The lowest BCUT2D eigenvalue weighted by atomic mass is 10.1. The number of nitrogens with one attached hydrogen (secondary N) is 1. The van der Waals surface area contributed by atoms with Gasteiger partial charge in [-0.2, -0.15) is 0 Å². The molecule has 3 N–H and O–H groups in total. The predicted octanol–water partition coefficient (Wildman–Crippen LogP) is 2.94. The zero-order valence-electron chi connectivity index (χ0n) is 9.92. The van der Waals surface area contributed by atoms with Crippen LogP contribution in [0, 0.1) is 0 Å². The van der Waals surface area contributed by atoms with Gasteiger partial charge in [-0.1, -0.05) is 32.6 Å². The molecule has 0 aliphatic rings. The molecule has 1 atom stereocenters. The summed E-state index contributed by atoms with van der Waals surface area (Å²) >= 11 is 0. The van der Waals surface area contributed by atoms with Gasteiger partial charge in [-0.3, -0.25) is 0 Å². The molecule has 3 nitrogen and oxygen atoms in total. The standard InChI is InChI=1S/C12H23N3/c1-3-4-5-6-7-8-12-14-9-11(15-12)10(2)13/h9-10H,3-8,13H2,1-2H3,(H,14,15). The molecule has 0 fully saturated rings. The average Bonchev–Trinajstić information content (AvgIpc) is 2.66. The highest BCUT2D eigenvalue weighted by molar-refractivity contribution is 5.04. The highest BCUT2D eigenvalue weighted by Gasteiger charge is 2.04. The molecule has 0 aliphatic heterocycles. The van der Waals surface area contributed by atoms with Crippen LogP contribution in [0.25, 0.3) is 0 Å². The van der Waals surface area contributed by atoms with Gasteiger partial charge in [-0.05, 0) is 13.3 Å². The lowest BCUT2D eigenvalue weighted by Crippen LogP contribution is -2.05. The minimum Gasteiger partial charge on any atom is -0.348 e. The van der Waals surface area contributed by atoms with Gasteiger partial charge in [0.2, 0.25) is 0 Å². The minimum atomic E-state index is 0.0371. The maximum absolute atomic E-state index is 5.74. The number of aromatic amines is 1. The summed E-state index contributed by atoms with van der Waals surface area (Å²) in [5, 5.41) is 0. The summed E-state index contributed by atoms with van der Waals surface area (Å²) in [4.78, 5) is 7.63. The molecule has 0 amide bonds. The normalized spacial score (nSPS) is 13.0. The smallest absolute Gasteiger partial charge is 0.106 e. The molecule has 1 aromatic heterocycles. The first-order valence-corrected chi connectivity index (χ1v) is 6.03. The van der Waals surface area contributed by atoms with E-state index in [2.05, 4.69) is 16.9 Å². The summed E-state index contributed by atoms with van der Waals surface area (Å²) in [6.07, 6.45) is 9.51. The average molecular weight is 209 g/mol. The molecule has 0 radical (unpaired) electrons. The molecule has 0 spiro atoms. The Balaban J connectivity index is 2.20. The Hall–Kier alpha value is -0.830. The van der Waals surface area contributed by atoms with Crippen LogP contribution < -0.4 is 5.73 Å². The fourth-order valence-corrected chi connectivity index (χ4v) is 1.63. The second-order valence-corrected chi connectivity index (χ2v) is 4.22. The van der Waals surface area contributed by atoms with Gasteiger partial charge in [0.15, 0.2) is 0 Å². The van der Waals surface area contributed by atoms with Crippen LogP contribution in [0.2, 0.25) is 0 Å². The van der Waals surface area contributed by atoms with Crippen LogP contribution in [0.1, 0.15) is 63.5 Å². The van der Waals surface area contributed by atoms with Crippen molar-refractivity contribution in [2.75, 3.05) is 0 Å². The van der Waals surface area contributed by atoms with Gasteiger partial charge in [0, 0.05) is 18.7 Å². The van der Waals surface area contributed by atoms with Crippen molar-refractivity contribution < 1.29 is 0 Å². The van der Waals surface area contributed by atoms with Crippen LogP contribution >= 0.6 is 0 Å². The Kier molecular flexibility index (Phi) is 5.40. The van der Waals surface area contributed by atoms with Gasteiger partial charge < -0.3 is 10.7 Å². The van der Waals surface area contributed by atoms with Crippen molar-refractivity contribution in [3.8, 4) is 0 Å². The summed E-state index contributed by atoms with van der Waals surface area (Å²) in [6, 6.07) is 0.0371. The Labute approximate surface area is 92.5 Å². The van der Waals surface area contributed by atoms with Crippen molar-refractivity contribution >= 4 is 0 Å². The summed E-state index contributed by atoms with van der Waals surface area (Å²) in [6.45, 7) is 4.20. The third-order valence-corrected chi connectivity index (χ3v) is 2.63. The molecule has 1 unspecified atom stereocenters. The van der Waals surface area contributed by atoms with Gasteiger partial charge in [0.05, 0.1) is 5.69 Å². The van der Waals surface area contributed by atoms with Gasteiger partial charge in [0.1, 0.15) is 5.82 Å². The lowest BCUT2D eigenvalue weighted by Gasteiger charge is -1.99. The number of nitrogens with two attached hydrogens (primary N) is 1. The maximum atomic E-state index is 5.74. The minimum absolute atomic E-state index is 0.0371. The molecule has 0 saturated heterocycles. The predicted molar refractivity (Wildman–Crippen MR) is 63.7 cm³/mol. The highest BCUT2D eigenvalue weighted by Crippen LogP contribution is 2.09. The Morgan fingerprint density at radius 3 is 2.67 bits per heavy atom. The molecule has 0 bridgehead atoms. The van der Waals surface area contributed by atoms with Crippen LogP contribution in [-0.4, -0.2) is 9.97 Å². The first-order valence-electron chi connectivity index (χ1n) is 6.03. The van der Waals surface area contributed by atoms with E-state index in [1.165, 1.54) is 32.1 Å². The van der Waals surface area contributed by atoms with Crippen LogP contribution in [0.15, 0.2) is 6.20 Å². The second kappa shape index (κ2) is 6.62. The monoisotopic (exact) mass is 209 g/mol. The molecule has 86 valence electrons. The van der Waals surface area contributed by atoms with Crippen LogP contribution in [0.3, 0.4) is 0 Å². The Morgan fingerprint density at radius 1 is 1.33 bits per heavy atom. The van der Waals surface area contributed by atoms with E-state index in [0.717, 1.165) is 17.9 Å². The lowest BCUT2D eigenvalue weighted by molar-refractivity contribution is 0.623. The van der Waals surface area contributed by atoms with E-state index in [9.17, 15) is 0 Å². The number of imidazole rings is 1. The largest absolute Gasteiger partial charge is 0.348 e. The summed E-state index contributed by atoms with van der Waals surface area (Å²) < 4.78 is 0. The first-order chi connectivity index (χ1) is 7.24. The molecule has 0 saturated carbocycles. The van der Waals surface area contributed by atoms with Gasteiger partial charge in [-0.25, -0.2) is 4.98 Å². The molecule has 1 rings (SSSR count). The highest BCUT2D eigenvalue weighted by atomic mass is 14.9. The van der Waals surface area contributed by atoms with E-state index < -0.39 is 0 Å². The van der Waals surface area contributed by atoms with Crippen molar-refractivity contribution in [2.24, 2.45) is 5.73 Å². The van der Waals surface area contributed by atoms with Gasteiger partial charge >= 0.3 is 0 Å². The molecular weight excluding hydrogens is 186 g/mol. The number of aryl methyl sites for hydroxylation is 1. The number of nitrogens with zero attached hydrogens (tertiary/aromatic N) is 1. The number of hydrogen-bond donors (Lipinski definition) is 2. The number of unbranched alkanes of at least 4 members (excludes halogenated alkanes) is 4. The fraction of sp³-hybridized carbons (Fsp3) is 0.750. The van der Waals surface area contributed by atoms with E-state index in [1.807, 2.05) is 13.1 Å². The SMILES string of the molecule is CCCCCCCc1nc(C(C)N)c[nH]1. The van der Waals surface area contributed by atoms with Gasteiger partial charge in [0.25, 0.3) is 0 Å². The topological polar surface area (TPSA) is 54.7 Å². The van der Waals surface area contributed by atoms with Crippen molar-refractivity contribution in [3.05, 3.63) is 17.7 Å². The summed E-state index contributed by atoms with van der Waals surface area (Å²) in [5.74, 6) is 1.08. The number of rotatable bonds is 7. The fourth-order valence-electron chi connectivity index (χ4n) is 1.63. The van der Waals surface area contributed by atoms with Crippen LogP contribution in [0.4, 0.5) is 0 Å². The zero-order valence-corrected chi connectivity index (χ0v) is 9.92. The van der Waals surface area contributed by atoms with Crippen molar-refractivity contribution in [3.63, 3.8) is 0 Å². The molecule has 1 aromatic rings. The third-order valence-electron chi connectivity index (χ3n) is 2.63. The quantitative estimate of drug-likeness (QED) is 0.678. The summed E-state index contributed by atoms with van der Waals surface area (Å²) in [5.41, 5.74) is 6.71. The second-order valence-electron chi connectivity index (χ2n) is 4.22. The van der Waals surface area contributed by atoms with E-state index in [-0.39, 0.29) is 6.04 Å². The Bertz CT molecular complexity index is 266. The number of H-pyrrole nitrogens is 1. The zero-order chi connectivity index (χ0) is 11.1. The molecular formula is C12H23N3. The van der Waals surface area contributed by atoms with E-state index in [0.29, 0.717) is 0 Å². The first kappa shape index (κ1) is 12.2. The molecule has 1 heterocycles. The molecule has 0 aliphatic carbocycles. The van der Waals surface area contributed by atoms with E-state index in [4.69, 9.17) is 5.73 Å². The van der Waals surface area contributed by atoms with Crippen molar-refractivity contribution in [1.29, 1.82) is 0 Å². The third kappa shape index (κ3) is 4.47. The molecule has 3 heteroatoms.